The average molecular weight is 256 g/mol. The van der Waals surface area contributed by atoms with Crippen LogP contribution in [0.1, 0.15) is 27.7 Å². The summed E-state index contributed by atoms with van der Waals surface area (Å²) in [5, 5.41) is 3.02. The van der Waals surface area contributed by atoms with Crippen molar-refractivity contribution >= 4 is 11.6 Å². The summed E-state index contributed by atoms with van der Waals surface area (Å²) in [5.41, 5.74) is 2.17. The molecule has 0 saturated heterocycles. The highest BCUT2D eigenvalue weighted by Crippen LogP contribution is 2.63. The fourth-order valence-corrected chi connectivity index (χ4v) is 2.36. The van der Waals surface area contributed by atoms with Crippen LogP contribution >= 0.6 is 0 Å². The van der Waals surface area contributed by atoms with E-state index in [1.807, 2.05) is 0 Å². The zero-order valence-corrected chi connectivity index (χ0v) is 10.9. The number of pyridine rings is 1. The fraction of sp³-hybridized carbons (Fsp3) is 0.583. The fourth-order valence-electron chi connectivity index (χ4n) is 2.36. The Morgan fingerprint density at radius 3 is 2.06 bits per heavy atom. The van der Waals surface area contributed by atoms with Crippen molar-refractivity contribution in [2.75, 3.05) is 10.7 Å². The molecule has 2 rings (SSSR count). The summed E-state index contributed by atoms with van der Waals surface area (Å²) < 4.78 is 26.8. The molecule has 100 valence electrons. The minimum atomic E-state index is -0.810. The molecule has 0 atom stereocenters. The van der Waals surface area contributed by atoms with E-state index in [2.05, 4.69) is 43.4 Å². The summed E-state index contributed by atoms with van der Waals surface area (Å²) in [6, 6.07) is 0.857. The number of anilines is 2. The van der Waals surface area contributed by atoms with E-state index in [1.54, 1.807) is 0 Å². The van der Waals surface area contributed by atoms with Gasteiger partial charge in [-0.2, -0.15) is 0 Å². The smallest absolute Gasteiger partial charge is 0.178 e. The van der Waals surface area contributed by atoms with Crippen molar-refractivity contribution in [3.63, 3.8) is 0 Å². The molecule has 4 nitrogen and oxygen atoms in total. The Kier molecular flexibility index (Phi) is 2.73. The molecular formula is C12H18F2N4. The molecule has 1 aliphatic rings. The minimum absolute atomic E-state index is 0.0213. The van der Waals surface area contributed by atoms with E-state index in [4.69, 9.17) is 5.84 Å². The monoisotopic (exact) mass is 256 g/mol. The lowest BCUT2D eigenvalue weighted by Crippen LogP contribution is -2.16. The summed E-state index contributed by atoms with van der Waals surface area (Å²) in [4.78, 5) is 3.80. The van der Waals surface area contributed by atoms with Crippen LogP contribution in [-0.4, -0.2) is 11.0 Å². The topological polar surface area (TPSA) is 63.0 Å². The quantitative estimate of drug-likeness (QED) is 0.574. The first-order chi connectivity index (χ1) is 8.21. The lowest BCUT2D eigenvalue weighted by molar-refractivity contribution is 0.457. The maximum atomic E-state index is 13.6. The van der Waals surface area contributed by atoms with Crippen molar-refractivity contribution in [1.82, 2.24) is 4.98 Å². The van der Waals surface area contributed by atoms with Gasteiger partial charge in [0.15, 0.2) is 23.3 Å². The molecule has 1 aromatic heterocycles. The normalized spacial score (nSPS) is 20.6. The number of nitrogens with zero attached hydrogens (tertiary/aromatic N) is 1. The molecule has 0 radical (unpaired) electrons. The third kappa shape index (κ3) is 1.71. The molecule has 1 fully saturated rings. The number of nitrogen functional groups attached to an aromatic ring is 1. The minimum Gasteiger partial charge on any atom is -0.364 e. The average Bonchev–Trinajstić information content (AvgIpc) is 2.64. The van der Waals surface area contributed by atoms with Crippen molar-refractivity contribution in [2.45, 2.75) is 33.7 Å². The summed E-state index contributed by atoms with van der Waals surface area (Å²) in [6.45, 7) is 8.37. The van der Waals surface area contributed by atoms with E-state index in [-0.39, 0.29) is 28.5 Å². The highest BCUT2D eigenvalue weighted by atomic mass is 19.1. The molecule has 0 aliphatic heterocycles. The maximum absolute atomic E-state index is 13.6. The van der Waals surface area contributed by atoms with Gasteiger partial charge in [-0.15, -0.1) is 0 Å². The van der Waals surface area contributed by atoms with Crippen molar-refractivity contribution in [2.24, 2.45) is 16.7 Å². The number of nitrogens with two attached hydrogens (primary N) is 1. The van der Waals surface area contributed by atoms with Gasteiger partial charge in [0, 0.05) is 12.1 Å². The van der Waals surface area contributed by atoms with Gasteiger partial charge < -0.3 is 10.7 Å². The van der Waals surface area contributed by atoms with Crippen LogP contribution in [-0.2, 0) is 0 Å². The first kappa shape index (κ1) is 13.0. The van der Waals surface area contributed by atoms with Gasteiger partial charge in [0.2, 0.25) is 0 Å². The number of hydrazine groups is 1. The summed E-state index contributed by atoms with van der Waals surface area (Å²) in [5.74, 6) is 3.44. The molecule has 0 bridgehead atoms. The molecule has 1 aromatic rings. The second kappa shape index (κ2) is 3.78. The van der Waals surface area contributed by atoms with Gasteiger partial charge in [-0.1, -0.05) is 27.7 Å². The predicted octanol–water partition coefficient (Wildman–Crippen LogP) is 2.49. The van der Waals surface area contributed by atoms with Gasteiger partial charge in [0.05, 0.1) is 0 Å². The Labute approximate surface area is 105 Å². The van der Waals surface area contributed by atoms with Crippen LogP contribution in [0.15, 0.2) is 6.07 Å². The van der Waals surface area contributed by atoms with Gasteiger partial charge in [0.25, 0.3) is 0 Å². The van der Waals surface area contributed by atoms with Gasteiger partial charge in [-0.05, 0) is 10.8 Å². The third-order valence-corrected chi connectivity index (χ3v) is 4.37. The SMILES string of the molecule is CC1(C)C(Nc2nc(NN)c(F)cc2F)C1(C)C. The zero-order valence-electron chi connectivity index (χ0n) is 10.9. The van der Waals surface area contributed by atoms with Gasteiger partial charge in [-0.3, -0.25) is 0 Å². The molecule has 0 aromatic carbocycles. The molecular weight excluding hydrogens is 238 g/mol. The Balaban J connectivity index is 2.26. The first-order valence-electron chi connectivity index (χ1n) is 5.81. The highest BCUT2D eigenvalue weighted by Gasteiger charge is 2.65. The third-order valence-electron chi connectivity index (χ3n) is 4.37. The van der Waals surface area contributed by atoms with E-state index in [9.17, 15) is 8.78 Å². The molecule has 0 spiro atoms. The molecule has 4 N–H and O–H groups in total. The van der Waals surface area contributed by atoms with Crippen molar-refractivity contribution in [1.29, 1.82) is 0 Å². The molecule has 0 unspecified atom stereocenters. The summed E-state index contributed by atoms with van der Waals surface area (Å²) in [6.07, 6.45) is 0. The number of aromatic nitrogens is 1. The zero-order chi connectivity index (χ0) is 13.7. The first-order valence-corrected chi connectivity index (χ1v) is 5.81. The molecule has 1 aliphatic carbocycles. The molecule has 1 heterocycles. The number of nitrogens with one attached hydrogen (secondary N) is 2. The summed E-state index contributed by atoms with van der Waals surface area (Å²) >= 11 is 0. The van der Waals surface area contributed by atoms with E-state index in [1.165, 1.54) is 0 Å². The van der Waals surface area contributed by atoms with Crippen LogP contribution in [0.5, 0.6) is 0 Å². The Bertz CT molecular complexity index is 471. The second-order valence-corrected chi connectivity index (χ2v) is 5.81. The number of hydrogen-bond donors (Lipinski definition) is 3. The lowest BCUT2D eigenvalue weighted by Gasteiger charge is -2.10. The van der Waals surface area contributed by atoms with E-state index in [0.717, 1.165) is 6.07 Å². The van der Waals surface area contributed by atoms with Crippen LogP contribution in [0, 0.1) is 22.5 Å². The summed E-state index contributed by atoms with van der Waals surface area (Å²) in [7, 11) is 0. The largest absolute Gasteiger partial charge is 0.364 e. The maximum Gasteiger partial charge on any atom is 0.178 e. The van der Waals surface area contributed by atoms with Crippen molar-refractivity contribution in [3.8, 4) is 0 Å². The lowest BCUT2D eigenvalue weighted by atomic mass is 10.0. The van der Waals surface area contributed by atoms with E-state index >= 15 is 0 Å². The van der Waals surface area contributed by atoms with Crippen LogP contribution in [0.25, 0.3) is 0 Å². The van der Waals surface area contributed by atoms with Crippen LogP contribution in [0.3, 0.4) is 0 Å². The van der Waals surface area contributed by atoms with E-state index < -0.39 is 11.6 Å². The Hall–Kier alpha value is -1.43. The predicted molar refractivity (Wildman–Crippen MR) is 66.9 cm³/mol. The molecule has 0 amide bonds. The number of halogens is 2. The van der Waals surface area contributed by atoms with Crippen LogP contribution in [0.4, 0.5) is 20.4 Å². The van der Waals surface area contributed by atoms with Gasteiger partial charge in [0.1, 0.15) is 0 Å². The Morgan fingerprint density at radius 2 is 1.61 bits per heavy atom. The van der Waals surface area contributed by atoms with Crippen molar-refractivity contribution < 1.29 is 8.78 Å². The van der Waals surface area contributed by atoms with Crippen molar-refractivity contribution in [3.05, 3.63) is 17.7 Å². The Morgan fingerprint density at radius 1 is 1.11 bits per heavy atom. The molecule has 6 heteroatoms. The van der Waals surface area contributed by atoms with E-state index in [0.29, 0.717) is 0 Å². The van der Waals surface area contributed by atoms with Gasteiger partial charge >= 0.3 is 0 Å². The molecule has 1 saturated carbocycles. The highest BCUT2D eigenvalue weighted by molar-refractivity contribution is 5.49. The van der Waals surface area contributed by atoms with Gasteiger partial charge in [-0.25, -0.2) is 19.6 Å². The van der Waals surface area contributed by atoms with Crippen LogP contribution < -0.4 is 16.6 Å². The number of hydrogen-bond acceptors (Lipinski definition) is 4. The second-order valence-electron chi connectivity index (χ2n) is 5.81. The molecule has 18 heavy (non-hydrogen) atoms. The standard InChI is InChI=1S/C12H18F2N4/c1-11(2)10(12(11,3)4)17-8-6(13)5-7(14)9(16-8)18-15/h5,10H,15H2,1-4H3,(H2,16,17,18). The number of rotatable bonds is 3. The van der Waals surface area contributed by atoms with Crippen LogP contribution in [0.2, 0.25) is 0 Å².